The number of hydrogen-bond acceptors (Lipinski definition) is 7. The van der Waals surface area contributed by atoms with Gasteiger partial charge in [0, 0.05) is 37.8 Å². The van der Waals surface area contributed by atoms with E-state index in [4.69, 9.17) is 34.0 Å². The highest BCUT2D eigenvalue weighted by Gasteiger charge is 2.26. The van der Waals surface area contributed by atoms with Gasteiger partial charge in [-0.1, -0.05) is 13.8 Å². The van der Waals surface area contributed by atoms with Crippen molar-refractivity contribution in [2.75, 3.05) is 47.5 Å². The number of carboxylic acids is 2. The lowest BCUT2D eigenvalue weighted by Gasteiger charge is -2.39. The summed E-state index contributed by atoms with van der Waals surface area (Å²) < 4.78 is 16.0. The fourth-order valence-electron chi connectivity index (χ4n) is 3.48. The van der Waals surface area contributed by atoms with E-state index in [-0.39, 0.29) is 5.91 Å². The lowest BCUT2D eigenvalue weighted by Crippen LogP contribution is -2.51. The highest BCUT2D eigenvalue weighted by molar-refractivity contribution is 6.27. The van der Waals surface area contributed by atoms with Gasteiger partial charge in [0.25, 0.3) is 5.91 Å². The number of rotatable bonds is 7. The predicted octanol–water partition coefficient (Wildman–Crippen LogP) is 1.81. The van der Waals surface area contributed by atoms with Gasteiger partial charge >= 0.3 is 11.9 Å². The average Bonchev–Trinajstić information content (AvgIpc) is 2.79. The normalized spacial score (nSPS) is 13.8. The van der Waals surface area contributed by atoms with Crippen LogP contribution in [-0.2, 0) is 9.59 Å². The molecule has 1 heterocycles. The largest absolute Gasteiger partial charge is 0.493 e. The summed E-state index contributed by atoms with van der Waals surface area (Å²) in [6.07, 6.45) is 2.30. The van der Waals surface area contributed by atoms with Crippen LogP contribution >= 0.6 is 0 Å². The fourth-order valence-corrected chi connectivity index (χ4v) is 3.48. The van der Waals surface area contributed by atoms with E-state index >= 15 is 0 Å². The molecule has 0 aromatic heterocycles. The Morgan fingerprint density at radius 2 is 1.32 bits per heavy atom. The summed E-state index contributed by atoms with van der Waals surface area (Å²) in [7, 11) is 4.67. The molecule has 1 saturated heterocycles. The molecular formula is C21H32N2O8. The monoisotopic (exact) mass is 440 g/mol. The third-order valence-corrected chi connectivity index (χ3v) is 5.16. The molecule has 174 valence electrons. The molecule has 0 spiro atoms. The summed E-state index contributed by atoms with van der Waals surface area (Å²) in [6, 6.07) is 4.05. The molecule has 1 aliphatic heterocycles. The Balaban J connectivity index is 0.000000703. The predicted molar refractivity (Wildman–Crippen MR) is 113 cm³/mol. The molecule has 0 unspecified atom stereocenters. The first-order chi connectivity index (χ1) is 14.7. The van der Waals surface area contributed by atoms with Crippen molar-refractivity contribution in [3.8, 4) is 17.2 Å². The summed E-state index contributed by atoms with van der Waals surface area (Å²) in [5.74, 6) is -2.14. The molecule has 1 fully saturated rings. The van der Waals surface area contributed by atoms with E-state index in [9.17, 15) is 4.79 Å². The highest BCUT2D eigenvalue weighted by atomic mass is 16.5. The first-order valence-corrected chi connectivity index (χ1v) is 10.0. The van der Waals surface area contributed by atoms with Crippen LogP contribution in [0, 0.1) is 0 Å². The van der Waals surface area contributed by atoms with Gasteiger partial charge in [-0.05, 0) is 25.0 Å². The van der Waals surface area contributed by atoms with Gasteiger partial charge in [0.2, 0.25) is 5.75 Å². The van der Waals surface area contributed by atoms with Crippen LogP contribution in [0.2, 0.25) is 0 Å². The Hall–Kier alpha value is -3.01. The van der Waals surface area contributed by atoms with E-state index in [0.29, 0.717) is 28.9 Å². The van der Waals surface area contributed by atoms with Crippen LogP contribution in [0.5, 0.6) is 17.2 Å². The van der Waals surface area contributed by atoms with Crippen LogP contribution in [0.4, 0.5) is 0 Å². The van der Waals surface area contributed by atoms with Gasteiger partial charge in [0.05, 0.1) is 21.3 Å². The fraction of sp³-hybridized carbons (Fsp3) is 0.571. The van der Waals surface area contributed by atoms with Gasteiger partial charge in [0.1, 0.15) is 0 Å². The summed E-state index contributed by atoms with van der Waals surface area (Å²) in [5.41, 5.74) is 0.561. The minimum atomic E-state index is -1.82. The summed E-state index contributed by atoms with van der Waals surface area (Å²) in [4.78, 5) is 35.5. The van der Waals surface area contributed by atoms with E-state index in [1.807, 2.05) is 4.90 Å². The van der Waals surface area contributed by atoms with Gasteiger partial charge in [-0.3, -0.25) is 9.69 Å². The minimum Gasteiger partial charge on any atom is -0.493 e. The third-order valence-electron chi connectivity index (χ3n) is 5.16. The Morgan fingerprint density at radius 3 is 1.65 bits per heavy atom. The molecule has 0 bridgehead atoms. The molecule has 1 aromatic rings. The van der Waals surface area contributed by atoms with Crippen molar-refractivity contribution in [1.29, 1.82) is 0 Å². The van der Waals surface area contributed by atoms with Crippen molar-refractivity contribution in [2.45, 2.75) is 32.7 Å². The lowest BCUT2D eigenvalue weighted by atomic mass is 10.1. The molecule has 1 amide bonds. The molecule has 1 aliphatic rings. The van der Waals surface area contributed by atoms with Crippen molar-refractivity contribution in [3.63, 3.8) is 0 Å². The number of aliphatic carboxylic acids is 2. The summed E-state index contributed by atoms with van der Waals surface area (Å²) in [6.45, 7) is 7.77. The van der Waals surface area contributed by atoms with Crippen molar-refractivity contribution in [1.82, 2.24) is 9.80 Å². The zero-order valence-corrected chi connectivity index (χ0v) is 18.7. The van der Waals surface area contributed by atoms with E-state index in [1.165, 1.54) is 0 Å². The number of carbonyl (C=O) groups is 3. The molecule has 0 saturated carbocycles. The standard InChI is InChI=1S/C19H30N2O4.C2H2O4/c1-6-15(7-2)20-8-10-21(11-9-20)19(22)14-12-16(23-3)18(25-5)17(13-14)24-4;3-1(4)2(5)6/h12-13,15H,6-11H2,1-5H3;(H,3,4)(H,5,6). The second-order valence-electron chi connectivity index (χ2n) is 6.82. The van der Waals surface area contributed by atoms with Gasteiger partial charge in [-0.25, -0.2) is 9.59 Å². The van der Waals surface area contributed by atoms with Gasteiger partial charge < -0.3 is 29.3 Å². The summed E-state index contributed by atoms with van der Waals surface area (Å²) in [5, 5.41) is 14.8. The molecule has 10 nitrogen and oxygen atoms in total. The van der Waals surface area contributed by atoms with E-state index in [2.05, 4.69) is 18.7 Å². The molecule has 0 aliphatic carbocycles. The van der Waals surface area contributed by atoms with Crippen molar-refractivity contribution in [3.05, 3.63) is 17.7 Å². The SMILES string of the molecule is CCC(CC)N1CCN(C(=O)c2cc(OC)c(OC)c(OC)c2)CC1.O=C(O)C(=O)O. The average molecular weight is 440 g/mol. The molecule has 2 N–H and O–H groups in total. The second kappa shape index (κ2) is 12.6. The Morgan fingerprint density at radius 1 is 0.871 bits per heavy atom. The first-order valence-electron chi connectivity index (χ1n) is 10.0. The molecular weight excluding hydrogens is 408 g/mol. The van der Waals surface area contributed by atoms with Gasteiger partial charge in [0.15, 0.2) is 11.5 Å². The van der Waals surface area contributed by atoms with E-state index in [0.717, 1.165) is 39.0 Å². The van der Waals surface area contributed by atoms with Crippen molar-refractivity contribution in [2.24, 2.45) is 0 Å². The smallest absolute Gasteiger partial charge is 0.414 e. The van der Waals surface area contributed by atoms with Gasteiger partial charge in [-0.15, -0.1) is 0 Å². The first kappa shape index (κ1) is 26.0. The molecule has 0 atom stereocenters. The number of hydrogen-bond donors (Lipinski definition) is 2. The number of methoxy groups -OCH3 is 3. The molecule has 2 rings (SSSR count). The third kappa shape index (κ3) is 7.02. The van der Waals surface area contributed by atoms with Gasteiger partial charge in [-0.2, -0.15) is 0 Å². The Bertz CT molecular complexity index is 719. The maximum atomic E-state index is 12.9. The zero-order valence-electron chi connectivity index (χ0n) is 18.7. The number of piperazine rings is 1. The zero-order chi connectivity index (χ0) is 23.6. The lowest BCUT2D eigenvalue weighted by molar-refractivity contribution is -0.159. The molecule has 31 heavy (non-hydrogen) atoms. The van der Waals surface area contributed by atoms with Crippen molar-refractivity contribution < 1.29 is 38.8 Å². The number of carbonyl (C=O) groups excluding carboxylic acids is 1. The highest BCUT2D eigenvalue weighted by Crippen LogP contribution is 2.38. The maximum absolute atomic E-state index is 12.9. The van der Waals surface area contributed by atoms with Crippen molar-refractivity contribution >= 4 is 17.8 Å². The van der Waals surface area contributed by atoms with Crippen LogP contribution in [0.15, 0.2) is 12.1 Å². The molecule has 10 heteroatoms. The second-order valence-corrected chi connectivity index (χ2v) is 6.82. The minimum absolute atomic E-state index is 0.00319. The van der Waals surface area contributed by atoms with E-state index < -0.39 is 11.9 Å². The number of nitrogens with zero attached hydrogens (tertiary/aromatic N) is 2. The van der Waals surface area contributed by atoms with Crippen LogP contribution in [0.3, 0.4) is 0 Å². The maximum Gasteiger partial charge on any atom is 0.414 e. The van der Waals surface area contributed by atoms with Crippen LogP contribution < -0.4 is 14.2 Å². The number of ether oxygens (including phenoxy) is 3. The van der Waals surface area contributed by atoms with Crippen LogP contribution in [-0.4, -0.2) is 91.4 Å². The van der Waals surface area contributed by atoms with Crippen LogP contribution in [0.25, 0.3) is 0 Å². The summed E-state index contributed by atoms with van der Waals surface area (Å²) >= 11 is 0. The van der Waals surface area contributed by atoms with Crippen LogP contribution in [0.1, 0.15) is 37.0 Å². The Kier molecular flexibility index (Phi) is 10.6. The number of amides is 1. The quantitative estimate of drug-likeness (QED) is 0.611. The number of carboxylic acid groups (broad SMARTS) is 2. The van der Waals surface area contributed by atoms with E-state index in [1.54, 1.807) is 33.5 Å². The molecule has 1 aromatic carbocycles. The number of benzene rings is 1. The topological polar surface area (TPSA) is 126 Å². The molecule has 0 radical (unpaired) electrons. The Labute approximate surface area is 182 Å².